The van der Waals surface area contributed by atoms with Gasteiger partial charge in [-0.25, -0.2) is 4.68 Å². The molecule has 2 N–H and O–H groups in total. The number of carbonyl (C=O) groups excluding carboxylic acids is 1. The van der Waals surface area contributed by atoms with E-state index in [1.807, 2.05) is 29.1 Å². The van der Waals surface area contributed by atoms with Crippen molar-refractivity contribution >= 4 is 17.5 Å². The Hall–Kier alpha value is -2.36. The Bertz CT molecular complexity index is 733. The first-order valence-corrected chi connectivity index (χ1v) is 7.34. The molecule has 0 radical (unpaired) electrons. The first kappa shape index (κ1) is 16.0. The summed E-state index contributed by atoms with van der Waals surface area (Å²) in [6.07, 6.45) is 5.27. The number of benzene rings is 1. The van der Waals surface area contributed by atoms with E-state index in [0.29, 0.717) is 5.69 Å². The molecule has 0 spiro atoms. The van der Waals surface area contributed by atoms with Crippen LogP contribution >= 0.6 is 0 Å². The number of nitrogens with two attached hydrogens (primary N) is 1. The molecular formula is C18H23N3O. The van der Waals surface area contributed by atoms with Crippen molar-refractivity contribution in [3.63, 3.8) is 0 Å². The molecule has 1 aromatic carbocycles. The van der Waals surface area contributed by atoms with E-state index in [1.54, 1.807) is 6.08 Å². The van der Waals surface area contributed by atoms with Gasteiger partial charge in [0.1, 0.15) is 0 Å². The summed E-state index contributed by atoms with van der Waals surface area (Å²) in [5, 5.41) is 4.70. The highest BCUT2D eigenvalue weighted by Gasteiger charge is 2.20. The molecule has 1 aromatic heterocycles. The van der Waals surface area contributed by atoms with Crippen LogP contribution in [0.3, 0.4) is 0 Å². The SMILES string of the molecule is CC(=O)/C=C\c1cc(-n2cc(C)c(C(C)(C)C)n2)ccc1N. The number of hydrogen-bond acceptors (Lipinski definition) is 3. The fourth-order valence-electron chi connectivity index (χ4n) is 2.39. The van der Waals surface area contributed by atoms with E-state index in [0.717, 1.165) is 22.5 Å². The van der Waals surface area contributed by atoms with Gasteiger partial charge < -0.3 is 5.73 Å². The Balaban J connectivity index is 2.46. The highest BCUT2D eigenvalue weighted by Crippen LogP contribution is 2.26. The summed E-state index contributed by atoms with van der Waals surface area (Å²) in [4.78, 5) is 11.1. The van der Waals surface area contributed by atoms with Crippen molar-refractivity contribution in [2.45, 2.75) is 40.0 Å². The molecule has 0 saturated heterocycles. The van der Waals surface area contributed by atoms with Crippen LogP contribution in [0.1, 0.15) is 44.5 Å². The molecule has 4 nitrogen and oxygen atoms in total. The van der Waals surface area contributed by atoms with Crippen molar-refractivity contribution < 1.29 is 4.79 Å². The number of ketones is 1. The fourth-order valence-corrected chi connectivity index (χ4v) is 2.39. The maximum absolute atomic E-state index is 11.1. The monoisotopic (exact) mass is 297 g/mol. The van der Waals surface area contributed by atoms with Gasteiger partial charge in [-0.3, -0.25) is 4.79 Å². The van der Waals surface area contributed by atoms with E-state index in [4.69, 9.17) is 10.8 Å². The number of aryl methyl sites for hydroxylation is 1. The van der Waals surface area contributed by atoms with Gasteiger partial charge in [0.15, 0.2) is 5.78 Å². The molecule has 1 heterocycles. The highest BCUT2D eigenvalue weighted by molar-refractivity contribution is 5.92. The average molecular weight is 297 g/mol. The summed E-state index contributed by atoms with van der Waals surface area (Å²) in [5.41, 5.74) is 10.6. The van der Waals surface area contributed by atoms with Crippen molar-refractivity contribution in [2.75, 3.05) is 5.73 Å². The maximum Gasteiger partial charge on any atom is 0.152 e. The lowest BCUT2D eigenvalue weighted by molar-refractivity contribution is -0.112. The summed E-state index contributed by atoms with van der Waals surface area (Å²) in [5.74, 6) is -0.00486. The Labute approximate surface area is 131 Å². The first-order valence-electron chi connectivity index (χ1n) is 7.34. The largest absolute Gasteiger partial charge is 0.398 e. The molecule has 0 bridgehead atoms. The van der Waals surface area contributed by atoms with Gasteiger partial charge >= 0.3 is 0 Å². The van der Waals surface area contributed by atoms with E-state index in [-0.39, 0.29) is 11.2 Å². The Kier molecular flexibility index (Phi) is 4.22. The fraction of sp³-hybridized carbons (Fsp3) is 0.333. The highest BCUT2D eigenvalue weighted by atomic mass is 16.1. The molecule has 116 valence electrons. The molecule has 4 heteroatoms. The summed E-state index contributed by atoms with van der Waals surface area (Å²) in [6, 6.07) is 5.70. The zero-order valence-corrected chi connectivity index (χ0v) is 13.8. The predicted octanol–water partition coefficient (Wildman–Crippen LogP) is 3.66. The number of allylic oxidation sites excluding steroid dienone is 1. The Morgan fingerprint density at radius 3 is 2.55 bits per heavy atom. The third-order valence-corrected chi connectivity index (χ3v) is 3.44. The number of hydrogen-bond donors (Lipinski definition) is 1. The normalized spacial score (nSPS) is 12.0. The van der Waals surface area contributed by atoms with Crippen LogP contribution in [0, 0.1) is 6.92 Å². The van der Waals surface area contributed by atoms with Gasteiger partial charge in [0.25, 0.3) is 0 Å². The quantitative estimate of drug-likeness (QED) is 0.694. The van der Waals surface area contributed by atoms with Crippen molar-refractivity contribution in [3.05, 3.63) is 47.3 Å². The van der Waals surface area contributed by atoms with Gasteiger partial charge in [0.05, 0.1) is 11.4 Å². The second-order valence-electron chi connectivity index (χ2n) is 6.61. The van der Waals surface area contributed by atoms with E-state index >= 15 is 0 Å². The van der Waals surface area contributed by atoms with Crippen LogP contribution in [0.25, 0.3) is 11.8 Å². The molecule has 22 heavy (non-hydrogen) atoms. The summed E-state index contributed by atoms with van der Waals surface area (Å²) in [6.45, 7) is 10.0. The van der Waals surface area contributed by atoms with Crippen molar-refractivity contribution in [2.24, 2.45) is 0 Å². The maximum atomic E-state index is 11.1. The van der Waals surface area contributed by atoms with Gasteiger partial charge in [-0.15, -0.1) is 0 Å². The van der Waals surface area contributed by atoms with Crippen LogP contribution in [-0.2, 0) is 10.2 Å². The average Bonchev–Trinajstić information content (AvgIpc) is 2.79. The van der Waals surface area contributed by atoms with Crippen molar-refractivity contribution in [1.82, 2.24) is 9.78 Å². The van der Waals surface area contributed by atoms with Gasteiger partial charge in [0.2, 0.25) is 0 Å². The second kappa shape index (κ2) is 5.79. The number of nitrogen functional groups attached to an aromatic ring is 1. The Morgan fingerprint density at radius 2 is 2.00 bits per heavy atom. The predicted molar refractivity (Wildman–Crippen MR) is 91.1 cm³/mol. The Morgan fingerprint density at radius 1 is 1.32 bits per heavy atom. The van der Waals surface area contributed by atoms with Crippen LogP contribution in [-0.4, -0.2) is 15.6 Å². The molecule has 0 aliphatic rings. The van der Waals surface area contributed by atoms with Gasteiger partial charge in [-0.2, -0.15) is 5.10 Å². The minimum absolute atomic E-state index is 0.000500. The van der Waals surface area contributed by atoms with E-state index < -0.39 is 0 Å². The smallest absolute Gasteiger partial charge is 0.152 e. The topological polar surface area (TPSA) is 60.9 Å². The van der Waals surface area contributed by atoms with E-state index in [1.165, 1.54) is 13.0 Å². The lowest BCUT2D eigenvalue weighted by Gasteiger charge is -2.16. The van der Waals surface area contributed by atoms with E-state index in [2.05, 4.69) is 27.7 Å². The minimum atomic E-state index is -0.00486. The molecule has 0 atom stereocenters. The molecule has 0 saturated carbocycles. The number of anilines is 1. The third-order valence-electron chi connectivity index (χ3n) is 3.44. The van der Waals surface area contributed by atoms with Crippen LogP contribution < -0.4 is 5.73 Å². The number of rotatable bonds is 3. The second-order valence-corrected chi connectivity index (χ2v) is 6.61. The summed E-state index contributed by atoms with van der Waals surface area (Å²) < 4.78 is 1.86. The third kappa shape index (κ3) is 3.45. The summed E-state index contributed by atoms with van der Waals surface area (Å²) in [7, 11) is 0. The van der Waals surface area contributed by atoms with Gasteiger partial charge in [-0.1, -0.05) is 20.8 Å². The van der Waals surface area contributed by atoms with Gasteiger partial charge in [-0.05, 0) is 55.3 Å². The molecule has 2 aromatic rings. The molecule has 0 aliphatic heterocycles. The lowest BCUT2D eigenvalue weighted by atomic mass is 9.90. The van der Waals surface area contributed by atoms with Crippen LogP contribution in [0.4, 0.5) is 5.69 Å². The van der Waals surface area contributed by atoms with E-state index in [9.17, 15) is 4.79 Å². The molecule has 0 fully saturated rings. The van der Waals surface area contributed by atoms with Crippen LogP contribution in [0.15, 0.2) is 30.5 Å². The summed E-state index contributed by atoms with van der Waals surface area (Å²) >= 11 is 0. The molecule has 0 aliphatic carbocycles. The molecular weight excluding hydrogens is 274 g/mol. The standard InChI is InChI=1S/C18H23N3O/c1-12-11-21(20-17(12)18(3,4)5)15-8-9-16(19)14(10-15)7-6-13(2)22/h6-11H,19H2,1-5H3/b7-6-. The number of nitrogens with zero attached hydrogens (tertiary/aromatic N) is 2. The minimum Gasteiger partial charge on any atom is -0.398 e. The first-order chi connectivity index (χ1) is 10.2. The molecule has 2 rings (SSSR count). The van der Waals surface area contributed by atoms with Crippen molar-refractivity contribution in [3.8, 4) is 5.69 Å². The van der Waals surface area contributed by atoms with Crippen molar-refractivity contribution in [1.29, 1.82) is 0 Å². The number of carbonyl (C=O) groups is 1. The lowest BCUT2D eigenvalue weighted by Crippen LogP contribution is -2.14. The van der Waals surface area contributed by atoms with Crippen LogP contribution in [0.5, 0.6) is 0 Å². The number of aromatic nitrogens is 2. The van der Waals surface area contributed by atoms with Gasteiger partial charge in [0, 0.05) is 17.3 Å². The molecule has 0 amide bonds. The van der Waals surface area contributed by atoms with Crippen LogP contribution in [0.2, 0.25) is 0 Å². The molecule has 0 unspecified atom stereocenters. The zero-order valence-electron chi connectivity index (χ0n) is 13.8. The zero-order chi connectivity index (χ0) is 16.5.